The maximum atomic E-state index is 12.1. The fraction of sp³-hybridized carbons (Fsp3) is 0.176. The van der Waals surface area contributed by atoms with Crippen molar-refractivity contribution in [3.63, 3.8) is 0 Å². The van der Waals surface area contributed by atoms with E-state index in [1.54, 1.807) is 30.3 Å². The van der Waals surface area contributed by atoms with Crippen molar-refractivity contribution >= 4 is 23.5 Å². The number of para-hydroxylation sites is 1. The topological polar surface area (TPSA) is 95.9 Å². The summed E-state index contributed by atoms with van der Waals surface area (Å²) in [6.07, 6.45) is -0.970. The van der Waals surface area contributed by atoms with Gasteiger partial charge in [-0.3, -0.25) is 4.79 Å². The minimum absolute atomic E-state index is 0.0317. The molecule has 0 fully saturated rings. The molecular weight excluding hydrogens is 334 g/mol. The molecule has 2 rings (SSSR count). The van der Waals surface area contributed by atoms with Crippen LogP contribution in [0, 0.1) is 0 Å². The van der Waals surface area contributed by atoms with Crippen LogP contribution in [0.1, 0.15) is 20.7 Å². The van der Waals surface area contributed by atoms with Crippen molar-refractivity contribution in [2.24, 2.45) is 0 Å². The number of aromatic carboxylic acids is 1. The molecule has 0 radical (unpaired) electrons. The summed E-state index contributed by atoms with van der Waals surface area (Å²) in [5.74, 6) is -1.34. The van der Waals surface area contributed by atoms with Gasteiger partial charge >= 0.3 is 5.97 Å². The first-order valence-electron chi connectivity index (χ1n) is 7.15. The van der Waals surface area contributed by atoms with Gasteiger partial charge in [0, 0.05) is 6.54 Å². The van der Waals surface area contributed by atoms with Gasteiger partial charge in [0.05, 0.1) is 16.1 Å². The number of nitrogens with one attached hydrogen (secondary N) is 1. The third-order valence-electron chi connectivity index (χ3n) is 3.17. The van der Waals surface area contributed by atoms with Crippen molar-refractivity contribution in [1.29, 1.82) is 0 Å². The minimum Gasteiger partial charge on any atom is -0.489 e. The molecule has 0 unspecified atom stereocenters. The van der Waals surface area contributed by atoms with Crippen LogP contribution in [0.3, 0.4) is 0 Å². The Bertz CT molecular complexity index is 734. The van der Waals surface area contributed by atoms with E-state index in [0.29, 0.717) is 10.8 Å². The van der Waals surface area contributed by atoms with Gasteiger partial charge in [-0.25, -0.2) is 4.79 Å². The lowest BCUT2D eigenvalue weighted by Gasteiger charge is -2.14. The number of benzene rings is 2. The number of carboxylic acid groups (broad SMARTS) is 1. The SMILES string of the molecule is O=C(O)c1ccccc1C(=O)NC[C@H](O)COc1ccccc1Cl. The van der Waals surface area contributed by atoms with Gasteiger partial charge in [-0.15, -0.1) is 0 Å². The highest BCUT2D eigenvalue weighted by Gasteiger charge is 2.16. The second-order valence-corrected chi connectivity index (χ2v) is 5.36. The van der Waals surface area contributed by atoms with Crippen LogP contribution >= 0.6 is 11.6 Å². The lowest BCUT2D eigenvalue weighted by atomic mass is 10.1. The second kappa shape index (κ2) is 8.33. The number of rotatable bonds is 7. The van der Waals surface area contributed by atoms with E-state index in [9.17, 15) is 14.7 Å². The summed E-state index contributed by atoms with van der Waals surface area (Å²) in [4.78, 5) is 23.1. The van der Waals surface area contributed by atoms with Gasteiger partial charge in [0.25, 0.3) is 5.91 Å². The highest BCUT2D eigenvalue weighted by atomic mass is 35.5. The largest absolute Gasteiger partial charge is 0.489 e. The molecule has 3 N–H and O–H groups in total. The van der Waals surface area contributed by atoms with Gasteiger partial charge in [-0.2, -0.15) is 0 Å². The summed E-state index contributed by atoms with van der Waals surface area (Å²) < 4.78 is 5.37. The molecule has 0 heterocycles. The van der Waals surface area contributed by atoms with E-state index in [1.165, 1.54) is 18.2 Å². The molecule has 6 nitrogen and oxygen atoms in total. The minimum atomic E-state index is -1.19. The summed E-state index contributed by atoms with van der Waals surface area (Å²) >= 11 is 5.93. The second-order valence-electron chi connectivity index (χ2n) is 4.96. The number of hydrogen-bond donors (Lipinski definition) is 3. The highest BCUT2D eigenvalue weighted by Crippen LogP contribution is 2.23. The molecule has 0 bridgehead atoms. The third kappa shape index (κ3) is 4.71. The molecule has 0 saturated heterocycles. The molecule has 0 spiro atoms. The van der Waals surface area contributed by atoms with Crippen LogP contribution in [0.4, 0.5) is 0 Å². The summed E-state index contributed by atoms with van der Waals surface area (Å²) in [6.45, 7) is -0.151. The molecule has 0 aliphatic carbocycles. The van der Waals surface area contributed by atoms with Crippen LogP contribution < -0.4 is 10.1 Å². The van der Waals surface area contributed by atoms with E-state index in [4.69, 9.17) is 21.4 Å². The van der Waals surface area contributed by atoms with Crippen molar-refractivity contribution in [2.75, 3.05) is 13.2 Å². The van der Waals surface area contributed by atoms with Crippen LogP contribution in [0.5, 0.6) is 5.75 Å². The average molecular weight is 350 g/mol. The number of ether oxygens (including phenoxy) is 1. The number of amides is 1. The maximum Gasteiger partial charge on any atom is 0.336 e. The molecule has 1 atom stereocenters. The number of hydrogen-bond acceptors (Lipinski definition) is 4. The first-order chi connectivity index (χ1) is 11.5. The zero-order valence-corrected chi connectivity index (χ0v) is 13.4. The molecule has 1 amide bonds. The molecule has 126 valence electrons. The Labute approximate surface area is 143 Å². The van der Waals surface area contributed by atoms with E-state index in [1.807, 2.05) is 0 Å². The van der Waals surface area contributed by atoms with Crippen molar-refractivity contribution in [3.05, 3.63) is 64.7 Å². The molecule has 2 aromatic carbocycles. The zero-order chi connectivity index (χ0) is 17.5. The van der Waals surface area contributed by atoms with E-state index in [2.05, 4.69) is 5.32 Å². The first-order valence-corrected chi connectivity index (χ1v) is 7.52. The van der Waals surface area contributed by atoms with Crippen LogP contribution in [-0.4, -0.2) is 41.3 Å². The summed E-state index contributed by atoms with van der Waals surface area (Å²) in [6, 6.07) is 12.7. The van der Waals surface area contributed by atoms with Crippen molar-refractivity contribution in [2.45, 2.75) is 6.10 Å². The first kappa shape index (κ1) is 17.8. The Morgan fingerprint density at radius 3 is 2.38 bits per heavy atom. The monoisotopic (exact) mass is 349 g/mol. The van der Waals surface area contributed by atoms with Crippen LogP contribution in [-0.2, 0) is 0 Å². The standard InChI is InChI=1S/C17H16ClNO5/c18-14-7-3-4-8-15(14)24-10-11(20)9-19-16(21)12-5-1-2-6-13(12)17(22)23/h1-8,11,20H,9-10H2,(H,19,21)(H,22,23)/t11-/m0/s1. The van der Waals surface area contributed by atoms with Gasteiger partial charge < -0.3 is 20.3 Å². The Hall–Kier alpha value is -2.57. The Balaban J connectivity index is 1.88. The lowest BCUT2D eigenvalue weighted by molar-refractivity contribution is 0.0689. The normalized spacial score (nSPS) is 11.6. The van der Waals surface area contributed by atoms with Crippen LogP contribution in [0.25, 0.3) is 0 Å². The van der Waals surface area contributed by atoms with E-state index < -0.39 is 18.0 Å². The fourth-order valence-electron chi connectivity index (χ4n) is 1.98. The Morgan fingerprint density at radius 2 is 1.71 bits per heavy atom. The van der Waals surface area contributed by atoms with Gasteiger partial charge in [0.2, 0.25) is 0 Å². The number of carbonyl (C=O) groups excluding carboxylic acids is 1. The molecule has 24 heavy (non-hydrogen) atoms. The van der Waals surface area contributed by atoms with E-state index in [0.717, 1.165) is 0 Å². The maximum absolute atomic E-state index is 12.1. The summed E-state index contributed by atoms with van der Waals surface area (Å²) in [7, 11) is 0. The molecule has 0 aromatic heterocycles. The predicted octanol–water partition coefficient (Wildman–Crippen LogP) is 2.21. The Morgan fingerprint density at radius 1 is 1.08 bits per heavy atom. The zero-order valence-electron chi connectivity index (χ0n) is 12.6. The average Bonchev–Trinajstić information content (AvgIpc) is 2.59. The third-order valence-corrected chi connectivity index (χ3v) is 3.48. The van der Waals surface area contributed by atoms with Crippen LogP contribution in [0.2, 0.25) is 5.02 Å². The van der Waals surface area contributed by atoms with Crippen molar-refractivity contribution < 1.29 is 24.5 Å². The summed E-state index contributed by atoms with van der Waals surface area (Å²) in [5.41, 5.74) is -0.0685. The highest BCUT2D eigenvalue weighted by molar-refractivity contribution is 6.32. The lowest BCUT2D eigenvalue weighted by Crippen LogP contribution is -2.35. The molecule has 0 aliphatic rings. The molecule has 0 aliphatic heterocycles. The number of carboxylic acids is 1. The number of aliphatic hydroxyl groups excluding tert-OH is 1. The van der Waals surface area contributed by atoms with Gasteiger partial charge in [0.1, 0.15) is 18.5 Å². The number of halogens is 1. The smallest absolute Gasteiger partial charge is 0.336 e. The van der Waals surface area contributed by atoms with E-state index in [-0.39, 0.29) is 24.3 Å². The quantitative estimate of drug-likeness (QED) is 0.712. The van der Waals surface area contributed by atoms with Gasteiger partial charge in [-0.1, -0.05) is 35.9 Å². The molecule has 7 heteroatoms. The number of carbonyl (C=O) groups is 2. The number of aliphatic hydroxyl groups is 1. The predicted molar refractivity (Wildman–Crippen MR) is 88.7 cm³/mol. The van der Waals surface area contributed by atoms with Crippen molar-refractivity contribution in [3.8, 4) is 5.75 Å². The molecule has 0 saturated carbocycles. The molecular formula is C17H16ClNO5. The fourth-order valence-corrected chi connectivity index (χ4v) is 2.17. The summed E-state index contributed by atoms with van der Waals surface area (Å²) in [5, 5.41) is 21.8. The van der Waals surface area contributed by atoms with Crippen molar-refractivity contribution in [1.82, 2.24) is 5.32 Å². The Kier molecular flexibility index (Phi) is 6.17. The van der Waals surface area contributed by atoms with Gasteiger partial charge in [-0.05, 0) is 24.3 Å². The van der Waals surface area contributed by atoms with Crippen LogP contribution in [0.15, 0.2) is 48.5 Å². The molecule has 2 aromatic rings. The van der Waals surface area contributed by atoms with E-state index >= 15 is 0 Å². The van der Waals surface area contributed by atoms with Gasteiger partial charge in [0.15, 0.2) is 0 Å².